The lowest BCUT2D eigenvalue weighted by Crippen LogP contribution is -2.40. The highest BCUT2D eigenvalue weighted by Crippen LogP contribution is 2.32. The van der Waals surface area contributed by atoms with E-state index < -0.39 is 0 Å². The molecule has 160 valence electrons. The molecule has 2 aromatic carbocycles. The zero-order valence-corrected chi connectivity index (χ0v) is 18.0. The Hall–Kier alpha value is -2.86. The van der Waals surface area contributed by atoms with Gasteiger partial charge < -0.3 is 15.0 Å². The number of hydrogen-bond donors (Lipinski definition) is 1. The van der Waals surface area contributed by atoms with Crippen LogP contribution in [0.2, 0.25) is 0 Å². The molecule has 2 unspecified atom stereocenters. The number of hydrogen-bond acceptors (Lipinski definition) is 4. The van der Waals surface area contributed by atoms with Gasteiger partial charge in [0, 0.05) is 19.5 Å². The van der Waals surface area contributed by atoms with Gasteiger partial charge in [-0.15, -0.1) is 0 Å². The molecule has 1 saturated heterocycles. The zero-order valence-electron chi connectivity index (χ0n) is 18.0. The Morgan fingerprint density at radius 1 is 1.13 bits per heavy atom. The third-order valence-corrected chi connectivity index (χ3v) is 5.78. The van der Waals surface area contributed by atoms with Crippen LogP contribution in [0.5, 0.6) is 5.75 Å². The number of carbonyl (C=O) groups is 2. The highest BCUT2D eigenvalue weighted by atomic mass is 16.5. The molecule has 0 aliphatic carbocycles. The van der Waals surface area contributed by atoms with Crippen LogP contribution in [0.4, 0.5) is 5.69 Å². The fraction of sp³-hybridized carbons (Fsp3) is 0.417. The predicted molar refractivity (Wildman–Crippen MR) is 119 cm³/mol. The lowest BCUT2D eigenvalue weighted by molar-refractivity contribution is -0.126. The molecule has 6 nitrogen and oxygen atoms in total. The summed E-state index contributed by atoms with van der Waals surface area (Å²) in [7, 11) is 1.58. The van der Waals surface area contributed by atoms with Gasteiger partial charge in [-0.3, -0.25) is 14.5 Å². The molecule has 0 radical (unpaired) electrons. The maximum Gasteiger partial charge on any atom is 0.227 e. The van der Waals surface area contributed by atoms with Gasteiger partial charge in [-0.05, 0) is 30.8 Å². The largest absolute Gasteiger partial charge is 0.495 e. The number of para-hydroxylation sites is 2. The van der Waals surface area contributed by atoms with E-state index in [1.165, 1.54) is 5.56 Å². The standard InChI is InChI=1S/C24H31N3O3/c1-4-26(5-2)21(18-11-7-6-8-12-18)16-25-24(29)19-15-23(28)27(17-19)20-13-9-10-14-22(20)30-3/h6-14,19,21H,4-5,15-17H2,1-3H3,(H,25,29). The number of methoxy groups -OCH3 is 1. The lowest BCUT2D eigenvalue weighted by Gasteiger charge is -2.30. The summed E-state index contributed by atoms with van der Waals surface area (Å²) in [5, 5.41) is 3.10. The molecule has 0 aromatic heterocycles. The van der Waals surface area contributed by atoms with E-state index in [4.69, 9.17) is 4.74 Å². The third-order valence-electron chi connectivity index (χ3n) is 5.78. The van der Waals surface area contributed by atoms with Gasteiger partial charge in [0.15, 0.2) is 0 Å². The first-order valence-corrected chi connectivity index (χ1v) is 10.6. The van der Waals surface area contributed by atoms with Crippen LogP contribution in [-0.2, 0) is 9.59 Å². The first kappa shape index (κ1) is 21.8. The summed E-state index contributed by atoms with van der Waals surface area (Å²) in [4.78, 5) is 29.5. The Balaban J connectivity index is 1.67. The van der Waals surface area contributed by atoms with Gasteiger partial charge in [-0.2, -0.15) is 0 Å². The molecule has 3 rings (SSSR count). The molecule has 1 fully saturated rings. The molecular formula is C24H31N3O3. The van der Waals surface area contributed by atoms with E-state index in [1.54, 1.807) is 12.0 Å². The number of benzene rings is 2. The van der Waals surface area contributed by atoms with Gasteiger partial charge >= 0.3 is 0 Å². The van der Waals surface area contributed by atoms with Crippen molar-refractivity contribution in [3.63, 3.8) is 0 Å². The van der Waals surface area contributed by atoms with Crippen molar-refractivity contribution >= 4 is 17.5 Å². The highest BCUT2D eigenvalue weighted by Gasteiger charge is 2.36. The molecule has 6 heteroatoms. The number of rotatable bonds is 9. The number of ether oxygens (including phenoxy) is 1. The molecule has 0 bridgehead atoms. The van der Waals surface area contributed by atoms with Crippen LogP contribution in [0.3, 0.4) is 0 Å². The summed E-state index contributed by atoms with van der Waals surface area (Å²) in [6.45, 7) is 6.94. The number of carbonyl (C=O) groups excluding carboxylic acids is 2. The topological polar surface area (TPSA) is 61.9 Å². The molecule has 1 heterocycles. The smallest absolute Gasteiger partial charge is 0.227 e. The fourth-order valence-electron chi connectivity index (χ4n) is 4.11. The summed E-state index contributed by atoms with van der Waals surface area (Å²) < 4.78 is 5.38. The monoisotopic (exact) mass is 409 g/mol. The predicted octanol–water partition coefficient (Wildman–Crippen LogP) is 3.25. The molecule has 0 spiro atoms. The highest BCUT2D eigenvalue weighted by molar-refractivity contribution is 6.01. The van der Waals surface area contributed by atoms with E-state index in [2.05, 4.69) is 36.2 Å². The number of nitrogens with zero attached hydrogens (tertiary/aromatic N) is 2. The van der Waals surface area contributed by atoms with Gasteiger partial charge in [0.2, 0.25) is 11.8 Å². The summed E-state index contributed by atoms with van der Waals surface area (Å²) in [5.41, 5.74) is 1.89. The van der Waals surface area contributed by atoms with Crippen molar-refractivity contribution in [2.24, 2.45) is 5.92 Å². The second-order valence-corrected chi connectivity index (χ2v) is 7.47. The van der Waals surface area contributed by atoms with Gasteiger partial charge in [0.25, 0.3) is 0 Å². The molecular weight excluding hydrogens is 378 g/mol. The van der Waals surface area contributed by atoms with E-state index in [0.717, 1.165) is 13.1 Å². The van der Waals surface area contributed by atoms with Crippen LogP contribution >= 0.6 is 0 Å². The maximum atomic E-state index is 12.9. The van der Waals surface area contributed by atoms with Crippen LogP contribution in [0.25, 0.3) is 0 Å². The minimum absolute atomic E-state index is 0.0528. The minimum atomic E-state index is -0.365. The van der Waals surface area contributed by atoms with Crippen molar-refractivity contribution in [2.45, 2.75) is 26.3 Å². The molecule has 0 saturated carbocycles. The number of anilines is 1. The maximum absolute atomic E-state index is 12.9. The summed E-state index contributed by atoms with van der Waals surface area (Å²) in [6, 6.07) is 17.7. The van der Waals surface area contributed by atoms with Gasteiger partial charge in [0.05, 0.1) is 24.8 Å². The molecule has 2 amide bonds. The van der Waals surface area contributed by atoms with Crippen molar-refractivity contribution in [1.82, 2.24) is 10.2 Å². The molecule has 2 aromatic rings. The Bertz CT molecular complexity index is 852. The summed E-state index contributed by atoms with van der Waals surface area (Å²) >= 11 is 0. The Labute approximate surface area is 178 Å². The van der Waals surface area contributed by atoms with E-state index in [-0.39, 0.29) is 30.2 Å². The SMILES string of the molecule is CCN(CC)C(CNC(=O)C1CC(=O)N(c2ccccc2OC)C1)c1ccccc1. The normalized spacial score (nSPS) is 17.3. The fourth-order valence-corrected chi connectivity index (χ4v) is 4.11. The molecule has 1 N–H and O–H groups in total. The Morgan fingerprint density at radius 2 is 1.80 bits per heavy atom. The van der Waals surface area contributed by atoms with Crippen LogP contribution in [-0.4, -0.2) is 50.0 Å². The average molecular weight is 410 g/mol. The molecule has 2 atom stereocenters. The van der Waals surface area contributed by atoms with Crippen molar-refractivity contribution in [3.05, 3.63) is 60.2 Å². The van der Waals surface area contributed by atoms with Crippen molar-refractivity contribution in [3.8, 4) is 5.75 Å². The van der Waals surface area contributed by atoms with Gasteiger partial charge in [0.1, 0.15) is 5.75 Å². The van der Waals surface area contributed by atoms with Gasteiger partial charge in [-0.1, -0.05) is 56.3 Å². The average Bonchev–Trinajstić information content (AvgIpc) is 3.18. The van der Waals surface area contributed by atoms with Crippen LogP contribution in [0, 0.1) is 5.92 Å². The quantitative estimate of drug-likeness (QED) is 0.691. The van der Waals surface area contributed by atoms with E-state index in [1.807, 2.05) is 42.5 Å². The van der Waals surface area contributed by atoms with E-state index >= 15 is 0 Å². The van der Waals surface area contributed by atoms with Crippen LogP contribution < -0.4 is 15.0 Å². The second kappa shape index (κ2) is 10.3. The summed E-state index contributed by atoms with van der Waals surface area (Å²) in [6.07, 6.45) is 0.213. The number of amides is 2. The van der Waals surface area contributed by atoms with Crippen LogP contribution in [0.15, 0.2) is 54.6 Å². The molecule has 1 aliphatic rings. The van der Waals surface area contributed by atoms with E-state index in [0.29, 0.717) is 24.5 Å². The Morgan fingerprint density at radius 3 is 2.47 bits per heavy atom. The first-order chi connectivity index (χ1) is 14.6. The third kappa shape index (κ3) is 4.82. The number of likely N-dealkylation sites (N-methyl/N-ethyl adjacent to an activating group) is 1. The van der Waals surface area contributed by atoms with Crippen molar-refractivity contribution in [1.29, 1.82) is 0 Å². The van der Waals surface area contributed by atoms with Gasteiger partial charge in [-0.25, -0.2) is 0 Å². The first-order valence-electron chi connectivity index (χ1n) is 10.6. The molecule has 30 heavy (non-hydrogen) atoms. The number of nitrogens with one attached hydrogen (secondary N) is 1. The van der Waals surface area contributed by atoms with Crippen molar-refractivity contribution in [2.75, 3.05) is 38.2 Å². The lowest BCUT2D eigenvalue weighted by atomic mass is 10.0. The summed E-state index contributed by atoms with van der Waals surface area (Å²) in [5.74, 6) is 0.143. The van der Waals surface area contributed by atoms with Crippen LogP contribution in [0.1, 0.15) is 31.9 Å². The minimum Gasteiger partial charge on any atom is -0.495 e. The van der Waals surface area contributed by atoms with Crippen molar-refractivity contribution < 1.29 is 14.3 Å². The van der Waals surface area contributed by atoms with E-state index in [9.17, 15) is 9.59 Å². The second-order valence-electron chi connectivity index (χ2n) is 7.47. The molecule has 1 aliphatic heterocycles. The zero-order chi connectivity index (χ0) is 21.5. The Kier molecular flexibility index (Phi) is 7.46.